The number of carbonyl (C=O) groups is 2. The molecule has 1 heterocycles. The Morgan fingerprint density at radius 1 is 1.44 bits per heavy atom. The van der Waals surface area contributed by atoms with Gasteiger partial charge in [0.2, 0.25) is 0 Å². The molecule has 0 aromatic heterocycles. The van der Waals surface area contributed by atoms with Gasteiger partial charge in [-0.15, -0.1) is 0 Å². The van der Waals surface area contributed by atoms with Gasteiger partial charge in [0.05, 0.1) is 13.1 Å². The van der Waals surface area contributed by atoms with Crippen molar-refractivity contribution in [2.24, 2.45) is 0 Å². The summed E-state index contributed by atoms with van der Waals surface area (Å²) >= 11 is 0. The molecule has 1 N–H and O–H groups in total. The summed E-state index contributed by atoms with van der Waals surface area (Å²) in [6.45, 7) is 6.18. The Labute approximate surface area is 95.1 Å². The predicted octanol–water partition coefficient (Wildman–Crippen LogP) is 0.355. The molecule has 16 heavy (non-hydrogen) atoms. The Morgan fingerprint density at radius 3 is 2.56 bits per heavy atom. The van der Waals surface area contributed by atoms with Crippen molar-refractivity contribution in [3.05, 3.63) is 0 Å². The molecule has 0 aromatic carbocycles. The summed E-state index contributed by atoms with van der Waals surface area (Å²) in [5.41, 5.74) is 0. The number of hydrogen-bond acceptors (Lipinski definition) is 3. The van der Waals surface area contributed by atoms with E-state index < -0.39 is 6.09 Å². The second-order valence-corrected chi connectivity index (χ2v) is 3.91. The van der Waals surface area contributed by atoms with Gasteiger partial charge in [0.25, 0.3) is 5.91 Å². The molecule has 1 aliphatic rings. The lowest BCUT2D eigenvalue weighted by Gasteiger charge is -2.37. The van der Waals surface area contributed by atoms with Gasteiger partial charge in [-0.05, 0) is 26.7 Å². The van der Waals surface area contributed by atoms with Crippen LogP contribution in [-0.2, 0) is 9.53 Å². The molecule has 0 radical (unpaired) electrons. The van der Waals surface area contributed by atoms with Crippen molar-refractivity contribution in [3.8, 4) is 11.8 Å². The monoisotopic (exact) mass is 224 g/mol. The fraction of sp³-hybridized carbons (Fsp3) is 0.636. The molecule has 5 heteroatoms. The molecule has 2 amide bonds. The van der Waals surface area contributed by atoms with E-state index in [9.17, 15) is 9.59 Å². The summed E-state index contributed by atoms with van der Waals surface area (Å²) in [5, 5.41) is 2.62. The third kappa shape index (κ3) is 3.46. The average molecular weight is 224 g/mol. The first-order chi connectivity index (χ1) is 7.52. The number of alkyl carbamates (subject to hydrolysis) is 1. The number of carbonyl (C=O) groups excluding carboxylic acids is 2. The van der Waals surface area contributed by atoms with Crippen LogP contribution in [0, 0.1) is 11.8 Å². The highest BCUT2D eigenvalue weighted by molar-refractivity contribution is 5.94. The Kier molecular flexibility index (Phi) is 4.18. The number of hydrogen-bond donors (Lipinski definition) is 1. The number of rotatable bonds is 2. The number of ether oxygens (including phenoxy) is 1. The van der Waals surface area contributed by atoms with Crippen molar-refractivity contribution in [2.45, 2.75) is 32.9 Å². The van der Waals surface area contributed by atoms with E-state index in [0.29, 0.717) is 13.1 Å². The molecule has 0 unspecified atom stereocenters. The summed E-state index contributed by atoms with van der Waals surface area (Å²) < 4.78 is 5.06. The summed E-state index contributed by atoms with van der Waals surface area (Å²) in [6.07, 6.45) is -0.643. The van der Waals surface area contributed by atoms with E-state index in [0.717, 1.165) is 0 Å². The first-order valence-electron chi connectivity index (χ1n) is 5.21. The summed E-state index contributed by atoms with van der Waals surface area (Å²) in [7, 11) is 0. The van der Waals surface area contributed by atoms with Crippen molar-refractivity contribution < 1.29 is 14.3 Å². The highest BCUT2D eigenvalue weighted by Crippen LogP contribution is 2.11. The molecule has 0 bridgehead atoms. The van der Waals surface area contributed by atoms with Gasteiger partial charge in [-0.1, -0.05) is 5.92 Å². The number of nitrogens with one attached hydrogen (secondary N) is 1. The summed E-state index contributed by atoms with van der Waals surface area (Å²) in [5.74, 6) is 4.76. The van der Waals surface area contributed by atoms with E-state index in [1.165, 1.54) is 0 Å². The molecule has 0 atom stereocenters. The van der Waals surface area contributed by atoms with Crippen molar-refractivity contribution in [1.29, 1.82) is 0 Å². The lowest BCUT2D eigenvalue weighted by molar-refractivity contribution is -0.135. The molecular weight excluding hydrogens is 208 g/mol. The highest BCUT2D eigenvalue weighted by Gasteiger charge is 2.32. The molecule has 1 saturated heterocycles. The normalized spacial score (nSPS) is 14.9. The van der Waals surface area contributed by atoms with Gasteiger partial charge >= 0.3 is 6.09 Å². The molecule has 0 aromatic rings. The van der Waals surface area contributed by atoms with Crippen LogP contribution in [-0.4, -0.2) is 42.1 Å². The molecule has 88 valence electrons. The summed E-state index contributed by atoms with van der Waals surface area (Å²) in [4.78, 5) is 24.0. The van der Waals surface area contributed by atoms with Crippen LogP contribution in [0.2, 0.25) is 0 Å². The second kappa shape index (κ2) is 5.40. The fourth-order valence-corrected chi connectivity index (χ4v) is 1.29. The molecule has 0 aliphatic carbocycles. The van der Waals surface area contributed by atoms with Crippen LogP contribution in [0.5, 0.6) is 0 Å². The molecule has 0 saturated carbocycles. The minimum Gasteiger partial charge on any atom is -0.442 e. The van der Waals surface area contributed by atoms with Gasteiger partial charge < -0.3 is 15.0 Å². The van der Waals surface area contributed by atoms with Crippen LogP contribution in [0.4, 0.5) is 4.79 Å². The maximum absolute atomic E-state index is 11.2. The molecule has 0 spiro atoms. The fourth-order valence-electron chi connectivity index (χ4n) is 1.29. The van der Waals surface area contributed by atoms with Gasteiger partial charge in [0.15, 0.2) is 0 Å². The third-order valence-electron chi connectivity index (χ3n) is 2.05. The number of nitrogens with zero attached hydrogens (tertiary/aromatic N) is 1. The smallest absolute Gasteiger partial charge is 0.407 e. The summed E-state index contributed by atoms with van der Waals surface area (Å²) in [6, 6.07) is 0.0521. The van der Waals surface area contributed by atoms with Crippen LogP contribution < -0.4 is 5.32 Å². The largest absolute Gasteiger partial charge is 0.442 e. The molecule has 5 nitrogen and oxygen atoms in total. The Balaban J connectivity index is 2.23. The molecule has 1 fully saturated rings. The van der Waals surface area contributed by atoms with Crippen LogP contribution in [0.1, 0.15) is 20.8 Å². The quantitative estimate of drug-likeness (QED) is 0.689. The lowest BCUT2D eigenvalue weighted by atomic mass is 10.1. The maximum Gasteiger partial charge on any atom is 0.407 e. The van der Waals surface area contributed by atoms with Gasteiger partial charge in [-0.3, -0.25) is 4.79 Å². The first kappa shape index (κ1) is 12.4. The van der Waals surface area contributed by atoms with E-state index in [-0.39, 0.29) is 18.1 Å². The molecule has 1 aliphatic heterocycles. The standard InChI is InChI=1S/C11H16N2O3/c1-4-5-10(14)13-6-9(7-13)16-11(15)12-8(2)3/h8-9H,6-7H2,1-3H3,(H,12,15). The zero-order chi connectivity index (χ0) is 12.1. The van der Waals surface area contributed by atoms with Gasteiger partial charge in [0.1, 0.15) is 6.10 Å². The lowest BCUT2D eigenvalue weighted by Crippen LogP contribution is -2.56. The minimum absolute atomic E-state index is 0.0521. The SMILES string of the molecule is CC#CC(=O)N1CC(OC(=O)NC(C)C)C1. The predicted molar refractivity (Wildman–Crippen MR) is 58.6 cm³/mol. The van der Waals surface area contributed by atoms with Crippen LogP contribution in [0.25, 0.3) is 0 Å². The van der Waals surface area contributed by atoms with Gasteiger partial charge in [-0.25, -0.2) is 4.79 Å². The van der Waals surface area contributed by atoms with Gasteiger partial charge in [0, 0.05) is 6.04 Å². The zero-order valence-electron chi connectivity index (χ0n) is 9.74. The molecular formula is C11H16N2O3. The minimum atomic E-state index is -0.436. The van der Waals surface area contributed by atoms with Crippen molar-refractivity contribution >= 4 is 12.0 Å². The van der Waals surface area contributed by atoms with E-state index >= 15 is 0 Å². The van der Waals surface area contributed by atoms with Crippen LogP contribution in [0.3, 0.4) is 0 Å². The Bertz CT molecular complexity index is 335. The molecule has 1 rings (SSSR count). The first-order valence-corrected chi connectivity index (χ1v) is 5.21. The van der Waals surface area contributed by atoms with Crippen molar-refractivity contribution in [2.75, 3.05) is 13.1 Å². The third-order valence-corrected chi connectivity index (χ3v) is 2.05. The van der Waals surface area contributed by atoms with E-state index in [2.05, 4.69) is 17.2 Å². The van der Waals surface area contributed by atoms with E-state index in [4.69, 9.17) is 4.74 Å². The second-order valence-electron chi connectivity index (χ2n) is 3.91. The average Bonchev–Trinajstić information content (AvgIpc) is 2.09. The van der Waals surface area contributed by atoms with Crippen molar-refractivity contribution in [3.63, 3.8) is 0 Å². The number of likely N-dealkylation sites (tertiary alicyclic amines) is 1. The van der Waals surface area contributed by atoms with E-state index in [1.54, 1.807) is 11.8 Å². The maximum atomic E-state index is 11.2. The zero-order valence-corrected chi connectivity index (χ0v) is 9.74. The topological polar surface area (TPSA) is 58.6 Å². The van der Waals surface area contributed by atoms with Crippen LogP contribution in [0.15, 0.2) is 0 Å². The highest BCUT2D eigenvalue weighted by atomic mass is 16.6. The van der Waals surface area contributed by atoms with Gasteiger partial charge in [-0.2, -0.15) is 0 Å². The van der Waals surface area contributed by atoms with E-state index in [1.807, 2.05) is 13.8 Å². The Hall–Kier alpha value is -1.70. The van der Waals surface area contributed by atoms with Crippen molar-refractivity contribution in [1.82, 2.24) is 10.2 Å². The van der Waals surface area contributed by atoms with Crippen LogP contribution >= 0.6 is 0 Å². The Morgan fingerprint density at radius 2 is 2.06 bits per heavy atom. The number of amides is 2.